The van der Waals surface area contributed by atoms with Gasteiger partial charge in [-0.3, -0.25) is 4.79 Å². The van der Waals surface area contributed by atoms with Crippen LogP contribution >= 0.6 is 0 Å². The van der Waals surface area contributed by atoms with Crippen molar-refractivity contribution in [2.24, 2.45) is 0 Å². The average molecular weight is 357 g/mol. The molecule has 0 fully saturated rings. The van der Waals surface area contributed by atoms with E-state index in [1.54, 1.807) is 43.5 Å². The van der Waals surface area contributed by atoms with Crippen LogP contribution in [0.15, 0.2) is 36.4 Å². The van der Waals surface area contributed by atoms with Crippen molar-refractivity contribution in [2.75, 3.05) is 32.2 Å². The highest BCUT2D eigenvalue weighted by Crippen LogP contribution is 2.33. The summed E-state index contributed by atoms with van der Waals surface area (Å²) >= 11 is 0. The molecule has 6 heteroatoms. The number of hydrogen-bond acceptors (Lipinski definition) is 5. The number of methoxy groups -OCH3 is 1. The van der Waals surface area contributed by atoms with Crippen LogP contribution in [0, 0.1) is 0 Å². The average Bonchev–Trinajstić information content (AvgIpc) is 2.68. The maximum absolute atomic E-state index is 12.5. The summed E-state index contributed by atoms with van der Waals surface area (Å²) < 4.78 is 22.1. The van der Waals surface area contributed by atoms with Gasteiger partial charge in [0.05, 0.1) is 13.7 Å². The minimum Gasteiger partial charge on any atom is -0.493 e. The Balaban J connectivity index is 1.71. The number of nitrogens with one attached hydrogen (secondary N) is 1. The molecule has 1 aliphatic heterocycles. The normalized spacial score (nSPS) is 12.4. The Morgan fingerprint density at radius 2 is 1.88 bits per heavy atom. The summed E-state index contributed by atoms with van der Waals surface area (Å²) in [5.41, 5.74) is 1.13. The molecule has 0 radical (unpaired) electrons. The van der Waals surface area contributed by atoms with E-state index < -0.39 is 0 Å². The van der Waals surface area contributed by atoms with Crippen molar-refractivity contribution in [1.29, 1.82) is 0 Å². The summed E-state index contributed by atoms with van der Waals surface area (Å²) in [6, 6.07) is 10.5. The van der Waals surface area contributed by atoms with Gasteiger partial charge in [-0.25, -0.2) is 0 Å². The lowest BCUT2D eigenvalue weighted by Gasteiger charge is -2.19. The van der Waals surface area contributed by atoms with E-state index in [1.807, 2.05) is 0 Å². The van der Waals surface area contributed by atoms with Gasteiger partial charge in [-0.1, -0.05) is 13.3 Å². The van der Waals surface area contributed by atoms with Gasteiger partial charge in [-0.15, -0.1) is 0 Å². The molecule has 1 N–H and O–H groups in total. The Hall–Kier alpha value is -2.89. The predicted molar refractivity (Wildman–Crippen MR) is 98.8 cm³/mol. The fourth-order valence-corrected chi connectivity index (χ4v) is 2.58. The summed E-state index contributed by atoms with van der Waals surface area (Å²) in [6.07, 6.45) is 2.02. The number of rotatable bonds is 7. The summed E-state index contributed by atoms with van der Waals surface area (Å²) in [5, 5.41) is 2.86. The van der Waals surface area contributed by atoms with Gasteiger partial charge in [-0.2, -0.15) is 0 Å². The molecule has 6 nitrogen and oxygen atoms in total. The number of carbonyl (C=O) groups excluding carboxylic acids is 1. The van der Waals surface area contributed by atoms with E-state index in [0.29, 0.717) is 54.1 Å². The molecule has 0 spiro atoms. The molecule has 0 atom stereocenters. The Labute approximate surface area is 153 Å². The van der Waals surface area contributed by atoms with Gasteiger partial charge in [0.1, 0.15) is 13.2 Å². The molecular formula is C20H23NO5. The van der Waals surface area contributed by atoms with Gasteiger partial charge in [0, 0.05) is 17.3 Å². The zero-order valence-corrected chi connectivity index (χ0v) is 15.0. The highest BCUT2D eigenvalue weighted by atomic mass is 16.6. The third-order valence-corrected chi connectivity index (χ3v) is 3.98. The van der Waals surface area contributed by atoms with Crippen LogP contribution in [0.5, 0.6) is 23.0 Å². The molecule has 0 aliphatic carbocycles. The number of benzene rings is 2. The largest absolute Gasteiger partial charge is 0.493 e. The molecule has 0 unspecified atom stereocenters. The second kappa shape index (κ2) is 8.47. The summed E-state index contributed by atoms with van der Waals surface area (Å²) in [4.78, 5) is 12.5. The zero-order valence-electron chi connectivity index (χ0n) is 15.0. The van der Waals surface area contributed by atoms with Crippen molar-refractivity contribution >= 4 is 11.6 Å². The van der Waals surface area contributed by atoms with Gasteiger partial charge >= 0.3 is 0 Å². The molecule has 26 heavy (non-hydrogen) atoms. The summed E-state index contributed by atoms with van der Waals surface area (Å²) in [5.74, 6) is 2.25. The number of amides is 1. The number of hydrogen-bond donors (Lipinski definition) is 1. The molecule has 0 saturated carbocycles. The SMILES string of the molecule is CCCCOc1ccc(C(=O)Nc2ccc3c(c2)OCCO3)cc1OC. The van der Waals surface area contributed by atoms with Crippen LogP contribution in [0.1, 0.15) is 30.1 Å². The first-order chi connectivity index (χ1) is 12.7. The van der Waals surface area contributed by atoms with E-state index in [1.165, 1.54) is 0 Å². The van der Waals surface area contributed by atoms with Gasteiger partial charge < -0.3 is 24.3 Å². The van der Waals surface area contributed by atoms with Gasteiger partial charge in [0.15, 0.2) is 23.0 Å². The van der Waals surface area contributed by atoms with Crippen LogP contribution in [0.3, 0.4) is 0 Å². The minimum absolute atomic E-state index is 0.236. The van der Waals surface area contributed by atoms with Gasteiger partial charge in [-0.05, 0) is 36.8 Å². The van der Waals surface area contributed by atoms with Crippen molar-refractivity contribution in [3.8, 4) is 23.0 Å². The Morgan fingerprint density at radius 3 is 2.65 bits per heavy atom. The minimum atomic E-state index is -0.236. The second-order valence-electron chi connectivity index (χ2n) is 5.88. The van der Waals surface area contributed by atoms with Crippen molar-refractivity contribution in [3.63, 3.8) is 0 Å². The number of anilines is 1. The van der Waals surface area contributed by atoms with Crippen molar-refractivity contribution in [3.05, 3.63) is 42.0 Å². The van der Waals surface area contributed by atoms with Crippen LogP contribution in [0.2, 0.25) is 0 Å². The monoisotopic (exact) mass is 357 g/mol. The third kappa shape index (κ3) is 4.20. The first kappa shape index (κ1) is 17.9. The Kier molecular flexibility index (Phi) is 5.84. The molecule has 2 aromatic carbocycles. The zero-order chi connectivity index (χ0) is 18.4. The number of ether oxygens (including phenoxy) is 4. The first-order valence-corrected chi connectivity index (χ1v) is 8.73. The molecule has 0 saturated heterocycles. The van der Waals surface area contributed by atoms with Crippen LogP contribution < -0.4 is 24.3 Å². The predicted octanol–water partition coefficient (Wildman–Crippen LogP) is 3.90. The molecule has 1 aliphatic rings. The fraction of sp³-hybridized carbons (Fsp3) is 0.350. The van der Waals surface area contributed by atoms with E-state index >= 15 is 0 Å². The summed E-state index contributed by atoms with van der Waals surface area (Å²) in [7, 11) is 1.56. The maximum atomic E-state index is 12.5. The lowest BCUT2D eigenvalue weighted by atomic mass is 10.1. The fourth-order valence-electron chi connectivity index (χ4n) is 2.58. The van der Waals surface area contributed by atoms with E-state index in [4.69, 9.17) is 18.9 Å². The van der Waals surface area contributed by atoms with Gasteiger partial charge in [0.25, 0.3) is 5.91 Å². The Bertz CT molecular complexity index is 775. The third-order valence-electron chi connectivity index (χ3n) is 3.98. The highest BCUT2D eigenvalue weighted by Gasteiger charge is 2.15. The smallest absolute Gasteiger partial charge is 0.255 e. The molecule has 2 aromatic rings. The van der Waals surface area contributed by atoms with Crippen LogP contribution in [0.25, 0.3) is 0 Å². The molecule has 0 bridgehead atoms. The van der Waals surface area contributed by atoms with Crippen molar-refractivity contribution in [2.45, 2.75) is 19.8 Å². The lowest BCUT2D eigenvalue weighted by molar-refractivity contribution is 0.102. The van der Waals surface area contributed by atoms with E-state index in [2.05, 4.69) is 12.2 Å². The molecule has 1 heterocycles. The van der Waals surface area contributed by atoms with E-state index in [9.17, 15) is 4.79 Å². The van der Waals surface area contributed by atoms with Crippen molar-refractivity contribution < 1.29 is 23.7 Å². The lowest BCUT2D eigenvalue weighted by Crippen LogP contribution is -2.16. The van der Waals surface area contributed by atoms with Crippen LogP contribution in [-0.4, -0.2) is 32.8 Å². The molecular weight excluding hydrogens is 334 g/mol. The highest BCUT2D eigenvalue weighted by molar-refractivity contribution is 6.04. The number of carbonyl (C=O) groups is 1. The molecule has 138 valence electrons. The topological polar surface area (TPSA) is 66.0 Å². The Morgan fingerprint density at radius 1 is 1.08 bits per heavy atom. The van der Waals surface area contributed by atoms with Crippen molar-refractivity contribution in [1.82, 2.24) is 0 Å². The number of unbranched alkanes of at least 4 members (excludes halogenated alkanes) is 1. The quantitative estimate of drug-likeness (QED) is 0.762. The van der Waals surface area contributed by atoms with E-state index in [-0.39, 0.29) is 5.91 Å². The maximum Gasteiger partial charge on any atom is 0.255 e. The second-order valence-corrected chi connectivity index (χ2v) is 5.88. The number of fused-ring (bicyclic) bond motifs is 1. The molecule has 3 rings (SSSR count). The van der Waals surface area contributed by atoms with Crippen LogP contribution in [0.4, 0.5) is 5.69 Å². The first-order valence-electron chi connectivity index (χ1n) is 8.73. The van der Waals surface area contributed by atoms with Crippen LogP contribution in [-0.2, 0) is 0 Å². The molecule has 0 aromatic heterocycles. The molecule has 1 amide bonds. The van der Waals surface area contributed by atoms with E-state index in [0.717, 1.165) is 12.8 Å². The standard InChI is InChI=1S/C20H23NO5/c1-3-4-9-24-16-7-5-14(12-18(16)23-2)20(22)21-15-6-8-17-19(13-15)26-11-10-25-17/h5-8,12-13H,3-4,9-11H2,1-2H3,(H,21,22). The summed E-state index contributed by atoms with van der Waals surface area (Å²) in [6.45, 7) is 3.76. The van der Waals surface area contributed by atoms with Gasteiger partial charge in [0.2, 0.25) is 0 Å².